The highest BCUT2D eigenvalue weighted by Gasteiger charge is 2.60. The molecule has 0 amide bonds. The molecule has 0 aromatic carbocycles. The molecule has 0 bridgehead atoms. The van der Waals surface area contributed by atoms with E-state index < -0.39 is 0 Å². The lowest BCUT2D eigenvalue weighted by molar-refractivity contribution is 0.939. The number of rotatable bonds is 0. The second kappa shape index (κ2) is 1.68. The Balaban J connectivity index is 2.10. The molecule has 0 aromatic rings. The molecule has 2 atom stereocenters. The van der Waals surface area contributed by atoms with Crippen LogP contribution in [0.5, 0.6) is 0 Å². The maximum absolute atomic E-state index is 2.47. The van der Waals surface area contributed by atoms with E-state index in [1.165, 1.54) is 28.4 Å². The number of fused-ring (bicyclic) bond motifs is 1. The predicted molar refractivity (Wildman–Crippen MR) is 52.1 cm³/mol. The van der Waals surface area contributed by atoms with Crippen molar-refractivity contribution in [2.75, 3.05) is 0 Å². The van der Waals surface area contributed by atoms with Gasteiger partial charge in [0.25, 0.3) is 0 Å². The van der Waals surface area contributed by atoms with Crippen LogP contribution in [-0.4, -0.2) is 35.0 Å². The fraction of sp³-hybridized carbons (Fsp3) is 1.00. The summed E-state index contributed by atoms with van der Waals surface area (Å²) in [5.74, 6) is 1.06. The van der Waals surface area contributed by atoms with Crippen LogP contribution in [0.15, 0.2) is 0 Å². The van der Waals surface area contributed by atoms with Crippen LogP contribution in [0.2, 0.25) is 11.0 Å². The van der Waals surface area contributed by atoms with Gasteiger partial charge in [-0.25, -0.2) is 0 Å². The third-order valence-corrected chi connectivity index (χ3v) is 3.86. The normalized spacial score (nSPS) is 45.1. The van der Waals surface area contributed by atoms with Crippen LogP contribution in [0.25, 0.3) is 0 Å². The smallest absolute Gasteiger partial charge is 0.0951 e. The standard InChI is InChI=1S/C4H11B5/c1-3-4(2)5-6-7-8-9(3)4/h3,5-8H,1-2H3. The van der Waals surface area contributed by atoms with E-state index in [1.807, 2.05) is 0 Å². The Morgan fingerprint density at radius 3 is 2.67 bits per heavy atom. The lowest BCUT2D eigenvalue weighted by Crippen LogP contribution is -2.35. The van der Waals surface area contributed by atoms with Crippen LogP contribution in [0.3, 0.4) is 0 Å². The Hall–Kier alpha value is 0.325. The monoisotopic (exact) mass is 114 g/mol. The molecule has 0 spiro atoms. The van der Waals surface area contributed by atoms with Gasteiger partial charge >= 0.3 is 0 Å². The van der Waals surface area contributed by atoms with E-state index in [2.05, 4.69) is 13.8 Å². The van der Waals surface area contributed by atoms with Gasteiger partial charge in [0, 0.05) is 14.1 Å². The predicted octanol–water partition coefficient (Wildman–Crippen LogP) is -1.40. The Bertz CT molecular complexity index is 137. The van der Waals surface area contributed by atoms with E-state index >= 15 is 0 Å². The summed E-state index contributed by atoms with van der Waals surface area (Å²) in [6, 6.07) is 0. The van der Waals surface area contributed by atoms with Crippen molar-refractivity contribution in [1.29, 1.82) is 0 Å². The first-order valence-electron chi connectivity index (χ1n) is 4.25. The van der Waals surface area contributed by atoms with Crippen molar-refractivity contribution in [3.8, 4) is 0 Å². The highest BCUT2D eigenvalue weighted by molar-refractivity contribution is 7.64. The first-order chi connectivity index (χ1) is 4.25. The van der Waals surface area contributed by atoms with Crippen LogP contribution in [0.4, 0.5) is 0 Å². The molecule has 2 unspecified atom stereocenters. The molecular weight excluding hydrogens is 102 g/mol. The van der Waals surface area contributed by atoms with Crippen LogP contribution in [0.1, 0.15) is 13.8 Å². The van der Waals surface area contributed by atoms with Gasteiger partial charge in [0.05, 0.1) is 20.8 Å². The fourth-order valence-corrected chi connectivity index (χ4v) is 2.77. The van der Waals surface area contributed by atoms with E-state index in [-0.39, 0.29) is 0 Å². The van der Waals surface area contributed by atoms with Crippen LogP contribution in [-0.2, 0) is 0 Å². The van der Waals surface area contributed by atoms with Crippen LogP contribution >= 0.6 is 0 Å². The summed E-state index contributed by atoms with van der Waals surface area (Å²) < 4.78 is 0. The van der Waals surface area contributed by atoms with Crippen molar-refractivity contribution < 1.29 is 0 Å². The average molecular weight is 113 g/mol. The molecule has 9 heavy (non-hydrogen) atoms. The first-order valence-corrected chi connectivity index (χ1v) is 4.25. The molecular formula is C4H11B5. The summed E-state index contributed by atoms with van der Waals surface area (Å²) in [4.78, 5) is 0. The molecule has 5 heteroatoms. The molecule has 2 heterocycles. The summed E-state index contributed by atoms with van der Waals surface area (Å²) in [6.45, 7) is 6.02. The van der Waals surface area contributed by atoms with Gasteiger partial charge in [0.15, 0.2) is 0 Å². The molecule has 2 aliphatic heterocycles. The molecule has 0 saturated carbocycles. The SMILES string of the molecule is CC1B2BBBBC21C. The zero-order valence-electron chi connectivity index (χ0n) is 6.48. The Kier molecular flexibility index (Phi) is 1.13. The highest BCUT2D eigenvalue weighted by Crippen LogP contribution is 2.61. The molecule has 0 aliphatic carbocycles. The minimum absolute atomic E-state index is 0.804. The minimum atomic E-state index is 0.804. The van der Waals surface area contributed by atoms with E-state index in [0.29, 0.717) is 0 Å². The molecule has 0 aromatic heterocycles. The largest absolute Gasteiger partial charge is 0.0956 e. The van der Waals surface area contributed by atoms with Crippen LogP contribution < -0.4 is 0 Å². The first kappa shape index (κ1) is 6.06. The summed E-state index contributed by atoms with van der Waals surface area (Å²) in [6.07, 6.45) is 0. The molecule has 2 saturated heterocycles. The van der Waals surface area contributed by atoms with Crippen molar-refractivity contribution >= 4 is 35.0 Å². The van der Waals surface area contributed by atoms with Crippen molar-refractivity contribution in [1.82, 2.24) is 0 Å². The highest BCUT2D eigenvalue weighted by atomic mass is 14.3. The zero-order valence-corrected chi connectivity index (χ0v) is 6.48. The Morgan fingerprint density at radius 2 is 2.22 bits per heavy atom. The fourth-order valence-electron chi connectivity index (χ4n) is 2.77. The second-order valence-corrected chi connectivity index (χ2v) is 4.15. The molecule has 2 fully saturated rings. The average Bonchev–Trinajstić information content (AvgIpc) is 2.38. The van der Waals surface area contributed by atoms with Gasteiger partial charge in [0.2, 0.25) is 0 Å². The molecule has 0 N–H and O–H groups in total. The third kappa shape index (κ3) is 0.668. The van der Waals surface area contributed by atoms with E-state index in [4.69, 9.17) is 0 Å². The topological polar surface area (TPSA) is 0 Å². The lowest BCUT2D eigenvalue weighted by atomic mass is 8.91. The maximum atomic E-state index is 2.47. The molecule has 0 radical (unpaired) electrons. The maximum Gasteiger partial charge on any atom is 0.0951 e. The quantitative estimate of drug-likeness (QED) is 0.339. The molecule has 42 valence electrons. The second-order valence-electron chi connectivity index (χ2n) is 4.15. The third-order valence-electron chi connectivity index (χ3n) is 3.86. The summed E-state index contributed by atoms with van der Waals surface area (Å²) in [7, 11) is 6.04. The molecule has 2 rings (SSSR count). The van der Waals surface area contributed by atoms with E-state index in [1.54, 1.807) is 0 Å². The Labute approximate surface area is 60.5 Å². The zero-order chi connectivity index (χ0) is 6.48. The van der Waals surface area contributed by atoms with Gasteiger partial charge in [0.1, 0.15) is 0 Å². The van der Waals surface area contributed by atoms with Gasteiger partial charge in [-0.1, -0.05) is 24.9 Å². The number of hydrogen-bond acceptors (Lipinski definition) is 0. The van der Waals surface area contributed by atoms with E-state index in [0.717, 1.165) is 17.6 Å². The van der Waals surface area contributed by atoms with Crippen molar-refractivity contribution in [2.45, 2.75) is 24.9 Å². The summed E-state index contributed by atoms with van der Waals surface area (Å²) >= 11 is 0. The van der Waals surface area contributed by atoms with Crippen LogP contribution in [0, 0.1) is 0 Å². The van der Waals surface area contributed by atoms with Gasteiger partial charge in [-0.15, -0.1) is 0 Å². The summed E-state index contributed by atoms with van der Waals surface area (Å²) in [5, 5.41) is 0.804. The van der Waals surface area contributed by atoms with Gasteiger partial charge < -0.3 is 0 Å². The van der Waals surface area contributed by atoms with Gasteiger partial charge in [-0.3, -0.25) is 0 Å². The van der Waals surface area contributed by atoms with Crippen molar-refractivity contribution in [3.05, 3.63) is 0 Å². The minimum Gasteiger partial charge on any atom is -0.0956 e. The molecule has 2 aliphatic rings. The lowest BCUT2D eigenvalue weighted by Gasteiger charge is -2.11. The van der Waals surface area contributed by atoms with E-state index in [9.17, 15) is 0 Å². The van der Waals surface area contributed by atoms with Gasteiger partial charge in [-0.2, -0.15) is 0 Å². The molecule has 0 nitrogen and oxygen atoms in total. The Morgan fingerprint density at radius 1 is 1.44 bits per heavy atom. The van der Waals surface area contributed by atoms with Gasteiger partial charge in [-0.05, 0) is 0 Å². The number of hydrogen-bond donors (Lipinski definition) is 0. The summed E-state index contributed by atoms with van der Waals surface area (Å²) in [5.41, 5.74) is 0. The van der Waals surface area contributed by atoms with Crippen molar-refractivity contribution in [2.24, 2.45) is 0 Å². The van der Waals surface area contributed by atoms with Crippen molar-refractivity contribution in [3.63, 3.8) is 0 Å².